The quantitative estimate of drug-likeness (QED) is 0.546. The molecule has 1 unspecified atom stereocenters. The number of thioether (sulfide) groups is 1. The van der Waals surface area contributed by atoms with Crippen molar-refractivity contribution in [3.05, 3.63) is 54.7 Å². The maximum atomic E-state index is 11.8. The van der Waals surface area contributed by atoms with Gasteiger partial charge < -0.3 is 4.90 Å². The number of primary sulfonamides is 1. The lowest BCUT2D eigenvalue weighted by Gasteiger charge is -2.23. The van der Waals surface area contributed by atoms with Gasteiger partial charge in [0, 0.05) is 10.5 Å². The molecule has 3 aromatic rings. The fraction of sp³-hybridized carbons (Fsp3) is 0.125. The Bertz CT molecular complexity index is 1270. The van der Waals surface area contributed by atoms with Crippen LogP contribution in [0.15, 0.2) is 64.5 Å². The van der Waals surface area contributed by atoms with Gasteiger partial charge in [0.2, 0.25) is 14.7 Å². The van der Waals surface area contributed by atoms with Crippen molar-refractivity contribution in [3.8, 4) is 11.3 Å². The fourth-order valence-corrected chi connectivity index (χ4v) is 5.72. The summed E-state index contributed by atoms with van der Waals surface area (Å²) in [4.78, 5) is 2.22. The summed E-state index contributed by atoms with van der Waals surface area (Å²) in [6.45, 7) is 0.0384. The molecule has 152 valence electrons. The van der Waals surface area contributed by atoms with E-state index in [0.717, 1.165) is 16.7 Å². The first-order valence-electron chi connectivity index (χ1n) is 8.15. The molecule has 0 bridgehead atoms. The third-order valence-electron chi connectivity index (χ3n) is 4.23. The molecule has 0 saturated carbocycles. The number of nitrogens with zero attached hydrogens (tertiary/aromatic N) is 4. The number of hydrogen-bond donors (Lipinski definition) is 2. The molecule has 3 N–H and O–H groups in total. The van der Waals surface area contributed by atoms with Gasteiger partial charge in [0.1, 0.15) is 12.4 Å². The van der Waals surface area contributed by atoms with Crippen molar-refractivity contribution in [1.82, 2.24) is 15.0 Å². The number of fused-ring (bicyclic) bond motifs is 1. The number of sulfonamides is 1. The fourth-order valence-electron chi connectivity index (χ4n) is 2.92. The average Bonchev–Trinajstić information content (AvgIpc) is 3.27. The van der Waals surface area contributed by atoms with Crippen LogP contribution in [0.4, 0.5) is 5.69 Å². The van der Waals surface area contributed by atoms with Gasteiger partial charge in [0.05, 0.1) is 16.8 Å². The van der Waals surface area contributed by atoms with Crippen LogP contribution in [0, 0.1) is 0 Å². The van der Waals surface area contributed by atoms with E-state index in [4.69, 9.17) is 5.14 Å². The Kier molecular flexibility index (Phi) is 4.86. The number of hydrogen-bond acceptors (Lipinski definition) is 8. The van der Waals surface area contributed by atoms with E-state index in [1.54, 1.807) is 42.6 Å². The molecule has 0 aliphatic carbocycles. The van der Waals surface area contributed by atoms with Crippen LogP contribution in [0.2, 0.25) is 0 Å². The highest BCUT2D eigenvalue weighted by Crippen LogP contribution is 2.45. The molecule has 0 fully saturated rings. The first-order chi connectivity index (χ1) is 13.6. The molecule has 0 saturated heterocycles. The predicted molar refractivity (Wildman–Crippen MR) is 107 cm³/mol. The van der Waals surface area contributed by atoms with E-state index in [-0.39, 0.29) is 11.6 Å². The maximum absolute atomic E-state index is 11.8. The summed E-state index contributed by atoms with van der Waals surface area (Å²) in [6.07, 6.45) is 1.60. The molecule has 1 aliphatic rings. The Morgan fingerprint density at radius 1 is 1.07 bits per heavy atom. The van der Waals surface area contributed by atoms with Crippen molar-refractivity contribution in [3.63, 3.8) is 0 Å². The van der Waals surface area contributed by atoms with E-state index in [0.29, 0.717) is 16.9 Å². The molecule has 1 aromatic heterocycles. The summed E-state index contributed by atoms with van der Waals surface area (Å²) in [5.41, 5.74) is 1.75. The third kappa shape index (κ3) is 4.00. The number of aromatic nitrogens is 3. The SMILES string of the molecule is NS(=O)(=O)c1ccc(-c2cn(CN3c4ccccc4SC3S(=O)(=O)O)nn2)cc1. The van der Waals surface area contributed by atoms with Gasteiger partial charge in [0.15, 0.2) is 0 Å². The number of anilines is 1. The predicted octanol–water partition coefficient (Wildman–Crippen LogP) is 1.33. The van der Waals surface area contributed by atoms with Gasteiger partial charge in [-0.05, 0) is 24.3 Å². The van der Waals surface area contributed by atoms with Gasteiger partial charge in [-0.15, -0.1) is 5.10 Å². The van der Waals surface area contributed by atoms with Crippen molar-refractivity contribution in [1.29, 1.82) is 0 Å². The van der Waals surface area contributed by atoms with Crippen LogP contribution in [0.25, 0.3) is 11.3 Å². The first kappa shape index (κ1) is 19.8. The smallest absolute Gasteiger partial charge is 0.296 e. The summed E-state index contributed by atoms with van der Waals surface area (Å²) >= 11 is 1.04. The molecular formula is C16H15N5O5S3. The third-order valence-corrected chi connectivity index (χ3v) is 7.99. The minimum Gasteiger partial charge on any atom is -0.323 e. The second kappa shape index (κ2) is 7.11. The zero-order valence-electron chi connectivity index (χ0n) is 14.7. The largest absolute Gasteiger partial charge is 0.323 e. The van der Waals surface area contributed by atoms with Crippen molar-refractivity contribution in [2.24, 2.45) is 5.14 Å². The first-order valence-corrected chi connectivity index (χ1v) is 12.1. The molecule has 13 heteroatoms. The van der Waals surface area contributed by atoms with Crippen LogP contribution in [0.1, 0.15) is 0 Å². The molecule has 0 spiro atoms. The Morgan fingerprint density at radius 3 is 2.41 bits per heavy atom. The highest BCUT2D eigenvalue weighted by Gasteiger charge is 2.38. The highest BCUT2D eigenvalue weighted by molar-refractivity contribution is 8.12. The molecular weight excluding hydrogens is 438 g/mol. The Morgan fingerprint density at radius 2 is 1.76 bits per heavy atom. The summed E-state index contributed by atoms with van der Waals surface area (Å²) in [5, 5.41) is 13.2. The molecule has 0 radical (unpaired) electrons. The topological polar surface area (TPSA) is 148 Å². The van der Waals surface area contributed by atoms with Gasteiger partial charge in [-0.2, -0.15) is 8.42 Å². The van der Waals surface area contributed by atoms with Crippen LogP contribution < -0.4 is 10.0 Å². The summed E-state index contributed by atoms with van der Waals surface area (Å²) in [7, 11) is -8.14. The Balaban J connectivity index is 1.61. The van der Waals surface area contributed by atoms with Crippen LogP contribution in [-0.2, 0) is 26.8 Å². The van der Waals surface area contributed by atoms with Crippen molar-refractivity contribution < 1.29 is 21.4 Å². The van der Waals surface area contributed by atoms with E-state index >= 15 is 0 Å². The van der Waals surface area contributed by atoms with E-state index in [2.05, 4.69) is 10.3 Å². The van der Waals surface area contributed by atoms with Crippen LogP contribution in [-0.4, -0.2) is 41.1 Å². The summed E-state index contributed by atoms with van der Waals surface area (Å²) < 4.78 is 56.2. The highest BCUT2D eigenvalue weighted by atomic mass is 32.3. The van der Waals surface area contributed by atoms with E-state index in [1.165, 1.54) is 21.7 Å². The second-order valence-corrected chi connectivity index (χ2v) is 10.7. The number of rotatable bonds is 5. The van der Waals surface area contributed by atoms with Crippen LogP contribution in [0.3, 0.4) is 0 Å². The van der Waals surface area contributed by atoms with Crippen molar-refractivity contribution in [2.45, 2.75) is 21.2 Å². The number of benzene rings is 2. The molecule has 1 atom stereocenters. The molecule has 1 aliphatic heterocycles. The van der Waals surface area contributed by atoms with Crippen molar-refractivity contribution in [2.75, 3.05) is 4.90 Å². The minimum atomic E-state index is -4.34. The molecule has 4 rings (SSSR count). The van der Waals surface area contributed by atoms with Gasteiger partial charge >= 0.3 is 0 Å². The monoisotopic (exact) mass is 453 g/mol. The molecule has 10 nitrogen and oxygen atoms in total. The van der Waals surface area contributed by atoms with E-state index < -0.39 is 24.8 Å². The van der Waals surface area contributed by atoms with E-state index in [1.807, 2.05) is 0 Å². The molecule has 29 heavy (non-hydrogen) atoms. The zero-order valence-corrected chi connectivity index (χ0v) is 17.1. The molecule has 2 heterocycles. The standard InChI is InChI=1S/C16H15N5O5S3/c17-28(22,23)12-7-5-11(6-8-12)13-9-20(19-18-13)10-21-14-3-1-2-4-15(14)27-16(21)29(24,25)26/h1-9,16H,10H2,(H2,17,22,23)(H,24,25,26). The number of para-hydroxylation sites is 1. The van der Waals surface area contributed by atoms with Gasteiger partial charge in [0.25, 0.3) is 10.1 Å². The van der Waals surface area contributed by atoms with Gasteiger partial charge in [-0.1, -0.05) is 41.2 Å². The lowest BCUT2D eigenvalue weighted by molar-refractivity contribution is 0.471. The van der Waals surface area contributed by atoms with Crippen LogP contribution >= 0.6 is 11.8 Å². The minimum absolute atomic E-state index is 0.0182. The molecule has 0 amide bonds. The summed E-state index contributed by atoms with van der Waals surface area (Å²) in [5.74, 6) is 0. The Labute approximate surface area is 171 Å². The molecule has 2 aromatic carbocycles. The van der Waals surface area contributed by atoms with Gasteiger partial charge in [-0.25, -0.2) is 18.2 Å². The zero-order chi connectivity index (χ0) is 20.8. The lowest BCUT2D eigenvalue weighted by atomic mass is 10.2. The Hall–Kier alpha value is -2.45. The van der Waals surface area contributed by atoms with Crippen LogP contribution in [0.5, 0.6) is 0 Å². The second-order valence-electron chi connectivity index (χ2n) is 6.23. The van der Waals surface area contributed by atoms with Crippen molar-refractivity contribution >= 4 is 37.6 Å². The normalized spacial score (nSPS) is 16.8. The lowest BCUT2D eigenvalue weighted by Crippen LogP contribution is -2.37. The number of nitrogens with two attached hydrogens (primary N) is 1. The average molecular weight is 454 g/mol. The maximum Gasteiger partial charge on any atom is 0.296 e. The van der Waals surface area contributed by atoms with E-state index in [9.17, 15) is 21.4 Å². The van der Waals surface area contributed by atoms with Gasteiger partial charge in [-0.3, -0.25) is 4.55 Å². The summed E-state index contributed by atoms with van der Waals surface area (Å²) in [6, 6.07) is 12.9.